The second-order valence-electron chi connectivity index (χ2n) is 16.1. The first-order valence-electron chi connectivity index (χ1n) is 18.5. The molecule has 2 aromatic carbocycles. The lowest BCUT2D eigenvalue weighted by Gasteiger charge is -2.29. The van der Waals surface area contributed by atoms with E-state index in [-0.39, 0.29) is 40.2 Å². The van der Waals surface area contributed by atoms with E-state index in [1.807, 2.05) is 6.92 Å². The number of allylic oxidation sites excluding steroid dienone is 2. The van der Waals surface area contributed by atoms with Crippen LogP contribution in [0.2, 0.25) is 0 Å². The maximum atomic E-state index is 14.1. The van der Waals surface area contributed by atoms with Gasteiger partial charge in [0.05, 0.1) is 18.6 Å². The van der Waals surface area contributed by atoms with Crippen LogP contribution < -0.4 is 4.74 Å². The standard InChI is InChI=1S/C43H54O6/c1-7-8-37(44)34-23-35(42(48)41(47)31-19-17-29(18-20-31)38(45)25-43(3,4)5)32-22-36(39(49-6)24-33(32)34)40(46)30-15-13-28(14-16-30)21-27-11-9-26(2)10-12-27/h9-12,22-24,28-31,34H,7-8,13-21,25H2,1-6H3. The van der Waals surface area contributed by atoms with Crippen molar-refractivity contribution in [3.8, 4) is 5.75 Å². The number of carbonyl (C=O) groups excluding carboxylic acids is 5. The number of aryl methyl sites for hydroxylation is 1. The van der Waals surface area contributed by atoms with Crippen molar-refractivity contribution in [3.05, 3.63) is 70.3 Å². The second-order valence-corrected chi connectivity index (χ2v) is 16.1. The van der Waals surface area contributed by atoms with Gasteiger partial charge in [-0.05, 0) is 111 Å². The molecule has 0 N–H and O–H groups in total. The molecule has 0 aromatic heterocycles. The summed E-state index contributed by atoms with van der Waals surface area (Å²) in [7, 11) is 1.53. The fourth-order valence-electron chi connectivity index (χ4n) is 8.23. The quantitative estimate of drug-likeness (QED) is 0.156. The van der Waals surface area contributed by atoms with Crippen LogP contribution >= 0.6 is 0 Å². The molecule has 49 heavy (non-hydrogen) atoms. The van der Waals surface area contributed by atoms with Crippen LogP contribution in [0.5, 0.6) is 5.75 Å². The number of rotatable bonds is 13. The summed E-state index contributed by atoms with van der Waals surface area (Å²) in [6, 6.07) is 12.1. The van der Waals surface area contributed by atoms with Gasteiger partial charge >= 0.3 is 0 Å². The molecule has 0 amide bonds. The van der Waals surface area contributed by atoms with Crippen LogP contribution in [0, 0.1) is 36.0 Å². The van der Waals surface area contributed by atoms with Crippen LogP contribution in [-0.2, 0) is 25.6 Å². The molecule has 2 saturated carbocycles. The molecule has 6 nitrogen and oxygen atoms in total. The van der Waals surface area contributed by atoms with Crippen molar-refractivity contribution in [1.29, 1.82) is 0 Å². The predicted molar refractivity (Wildman–Crippen MR) is 193 cm³/mol. The molecule has 0 radical (unpaired) electrons. The van der Waals surface area contributed by atoms with E-state index in [0.29, 0.717) is 73.3 Å². The molecule has 6 heteroatoms. The molecule has 0 saturated heterocycles. The molecule has 0 bridgehead atoms. The molecule has 2 aromatic rings. The Bertz CT molecular complexity index is 1600. The fraction of sp³-hybridized carbons (Fsp3) is 0.558. The SMILES string of the molecule is CCCC(=O)C1C=C(C(=O)C(=O)C2CCC(C(=O)CC(C)(C)C)CC2)c2cc(C(=O)C3CCC(Cc4ccc(C)cc4)CC3)c(OC)cc21. The van der Waals surface area contributed by atoms with E-state index in [1.165, 1.54) is 18.2 Å². The lowest BCUT2D eigenvalue weighted by Crippen LogP contribution is -2.31. The Morgan fingerprint density at radius 1 is 0.796 bits per heavy atom. The van der Waals surface area contributed by atoms with Crippen molar-refractivity contribution in [1.82, 2.24) is 0 Å². The molecular weight excluding hydrogens is 612 g/mol. The van der Waals surface area contributed by atoms with Crippen molar-refractivity contribution >= 4 is 34.5 Å². The number of ketones is 5. The van der Waals surface area contributed by atoms with Crippen LogP contribution in [0.1, 0.15) is 137 Å². The van der Waals surface area contributed by atoms with Gasteiger partial charge in [-0.15, -0.1) is 0 Å². The summed E-state index contributed by atoms with van der Waals surface area (Å²) in [5.74, 6) is -1.25. The van der Waals surface area contributed by atoms with Gasteiger partial charge in [0.1, 0.15) is 17.3 Å². The van der Waals surface area contributed by atoms with E-state index in [1.54, 1.807) is 18.2 Å². The Morgan fingerprint density at radius 3 is 2.00 bits per heavy atom. The van der Waals surface area contributed by atoms with Gasteiger partial charge in [-0.2, -0.15) is 0 Å². The first kappa shape index (κ1) is 36.6. The number of hydrogen-bond acceptors (Lipinski definition) is 6. The van der Waals surface area contributed by atoms with Crippen molar-refractivity contribution in [2.24, 2.45) is 29.1 Å². The number of Topliss-reactive ketones (excluding diaryl/α,β-unsaturated/α-hetero) is 5. The summed E-state index contributed by atoms with van der Waals surface area (Å²) in [6.45, 7) is 10.2. The third-order valence-corrected chi connectivity index (χ3v) is 11.0. The van der Waals surface area contributed by atoms with Gasteiger partial charge in [0.2, 0.25) is 11.6 Å². The minimum atomic E-state index is -0.664. The third kappa shape index (κ3) is 8.56. The first-order chi connectivity index (χ1) is 23.3. The van der Waals surface area contributed by atoms with Crippen LogP contribution in [0.4, 0.5) is 0 Å². The van der Waals surface area contributed by atoms with E-state index in [0.717, 1.165) is 32.1 Å². The normalized spacial score (nSPS) is 23.7. The number of ether oxygens (including phenoxy) is 1. The minimum absolute atomic E-state index is 0.00635. The van der Waals surface area contributed by atoms with Gasteiger partial charge < -0.3 is 4.74 Å². The smallest absolute Gasteiger partial charge is 0.229 e. The highest BCUT2D eigenvalue weighted by molar-refractivity contribution is 6.55. The second kappa shape index (κ2) is 15.5. The molecule has 2 fully saturated rings. The molecule has 1 atom stereocenters. The maximum Gasteiger partial charge on any atom is 0.229 e. The lowest BCUT2D eigenvalue weighted by molar-refractivity contribution is -0.137. The van der Waals surface area contributed by atoms with E-state index < -0.39 is 23.4 Å². The van der Waals surface area contributed by atoms with Crippen molar-refractivity contribution < 1.29 is 28.7 Å². The summed E-state index contributed by atoms with van der Waals surface area (Å²) < 4.78 is 5.74. The number of hydrogen-bond donors (Lipinski definition) is 0. The molecular formula is C43H54O6. The summed E-state index contributed by atoms with van der Waals surface area (Å²) in [5.41, 5.74) is 4.25. The van der Waals surface area contributed by atoms with Gasteiger partial charge in [0.15, 0.2) is 5.78 Å². The zero-order chi connectivity index (χ0) is 35.5. The number of carbonyl (C=O) groups is 5. The van der Waals surface area contributed by atoms with Gasteiger partial charge in [0.25, 0.3) is 0 Å². The Balaban J connectivity index is 1.33. The molecule has 3 aliphatic carbocycles. The van der Waals surface area contributed by atoms with Crippen molar-refractivity contribution in [2.75, 3.05) is 7.11 Å². The Kier molecular flexibility index (Phi) is 11.6. The van der Waals surface area contributed by atoms with E-state index >= 15 is 0 Å². The van der Waals surface area contributed by atoms with Crippen LogP contribution in [0.3, 0.4) is 0 Å². The van der Waals surface area contributed by atoms with Crippen molar-refractivity contribution in [3.63, 3.8) is 0 Å². The highest BCUT2D eigenvalue weighted by Crippen LogP contribution is 2.44. The predicted octanol–water partition coefficient (Wildman–Crippen LogP) is 9.04. The van der Waals surface area contributed by atoms with E-state index in [9.17, 15) is 24.0 Å². The average Bonchev–Trinajstić information content (AvgIpc) is 3.46. The zero-order valence-corrected chi connectivity index (χ0v) is 30.4. The molecule has 3 aliphatic rings. The Labute approximate surface area is 292 Å². The molecule has 0 spiro atoms. The zero-order valence-electron chi connectivity index (χ0n) is 30.4. The van der Waals surface area contributed by atoms with Gasteiger partial charge in [-0.3, -0.25) is 24.0 Å². The average molecular weight is 667 g/mol. The number of fused-ring (bicyclic) bond motifs is 1. The number of methoxy groups -OCH3 is 1. The lowest BCUT2D eigenvalue weighted by atomic mass is 9.74. The third-order valence-electron chi connectivity index (χ3n) is 11.0. The van der Waals surface area contributed by atoms with E-state index in [4.69, 9.17) is 4.74 Å². The highest BCUT2D eigenvalue weighted by atomic mass is 16.5. The largest absolute Gasteiger partial charge is 0.496 e. The molecule has 5 rings (SSSR count). The molecule has 0 heterocycles. The number of benzene rings is 2. The maximum absolute atomic E-state index is 14.1. The van der Waals surface area contributed by atoms with Crippen LogP contribution in [-0.4, -0.2) is 36.0 Å². The minimum Gasteiger partial charge on any atom is -0.496 e. The first-order valence-corrected chi connectivity index (χ1v) is 18.5. The highest BCUT2D eigenvalue weighted by Gasteiger charge is 2.40. The van der Waals surface area contributed by atoms with Gasteiger partial charge in [-0.1, -0.05) is 63.6 Å². The Hall–Kier alpha value is -3.67. The summed E-state index contributed by atoms with van der Waals surface area (Å²) in [5, 5.41) is 0. The fourth-order valence-corrected chi connectivity index (χ4v) is 8.23. The van der Waals surface area contributed by atoms with Gasteiger partial charge in [0, 0.05) is 36.2 Å². The molecule has 1 unspecified atom stereocenters. The molecule has 0 aliphatic heterocycles. The summed E-state index contributed by atoms with van der Waals surface area (Å²) in [6.07, 6.45) is 9.89. The van der Waals surface area contributed by atoms with Gasteiger partial charge in [-0.25, -0.2) is 0 Å². The summed E-state index contributed by atoms with van der Waals surface area (Å²) in [4.78, 5) is 67.9. The summed E-state index contributed by atoms with van der Waals surface area (Å²) >= 11 is 0. The molecule has 262 valence electrons. The van der Waals surface area contributed by atoms with Crippen molar-refractivity contribution in [2.45, 2.75) is 118 Å². The Morgan fingerprint density at radius 2 is 1.41 bits per heavy atom. The van der Waals surface area contributed by atoms with Crippen LogP contribution in [0.25, 0.3) is 5.57 Å². The van der Waals surface area contributed by atoms with Crippen LogP contribution in [0.15, 0.2) is 42.5 Å². The van der Waals surface area contributed by atoms with E-state index in [2.05, 4.69) is 52.0 Å². The topological polar surface area (TPSA) is 94.6 Å². The monoisotopic (exact) mass is 666 g/mol.